The number of rotatable bonds is 4. The maximum absolute atomic E-state index is 5.97. The fraction of sp³-hybridized carbons (Fsp3) is 0.167. The summed E-state index contributed by atoms with van der Waals surface area (Å²) >= 11 is 3.64. The summed E-state index contributed by atoms with van der Waals surface area (Å²) in [6.07, 6.45) is 4.56. The summed E-state index contributed by atoms with van der Waals surface area (Å²) in [4.78, 5) is 7.03. The van der Waals surface area contributed by atoms with Crippen LogP contribution in [0.25, 0.3) is 21.0 Å². The van der Waals surface area contributed by atoms with E-state index in [0.29, 0.717) is 0 Å². The lowest BCUT2D eigenvalue weighted by Gasteiger charge is -2.07. The molecule has 1 aliphatic rings. The van der Waals surface area contributed by atoms with Crippen LogP contribution in [-0.4, -0.2) is 10.2 Å². The normalized spacial score (nSPS) is 14.1. The molecule has 1 aliphatic carbocycles. The topological polar surface area (TPSA) is 64.9 Å². The van der Waals surface area contributed by atoms with Crippen molar-refractivity contribution in [2.75, 3.05) is 11.5 Å². The number of nitrogen functional groups attached to an aromatic ring is 2. The molecule has 4 N–H and O–H groups in total. The molecule has 0 unspecified atom stereocenters. The second-order valence-electron chi connectivity index (χ2n) is 5.72. The molecule has 0 saturated heterocycles. The Morgan fingerprint density at radius 1 is 1.00 bits per heavy atom. The molecule has 1 heterocycles. The number of thioether (sulfide) groups is 1. The summed E-state index contributed by atoms with van der Waals surface area (Å²) in [5, 5.41) is 1.76. The Balaban J connectivity index is 1.69. The van der Waals surface area contributed by atoms with Gasteiger partial charge in [0.15, 0.2) is 0 Å². The SMILES string of the molecule is Nc1ccc(-c2ncc(-c3ccc(N)cc3SC3CC3)s2)cc1. The van der Waals surface area contributed by atoms with Crippen molar-refractivity contribution in [1.82, 2.24) is 4.98 Å². The highest BCUT2D eigenvalue weighted by molar-refractivity contribution is 8.00. The van der Waals surface area contributed by atoms with Gasteiger partial charge in [-0.15, -0.1) is 23.1 Å². The number of hydrogen-bond acceptors (Lipinski definition) is 5. The third-order valence-electron chi connectivity index (χ3n) is 3.75. The van der Waals surface area contributed by atoms with E-state index in [9.17, 15) is 0 Å². The van der Waals surface area contributed by atoms with E-state index in [1.54, 1.807) is 11.3 Å². The van der Waals surface area contributed by atoms with Crippen molar-refractivity contribution in [3.8, 4) is 21.0 Å². The second kappa shape index (κ2) is 5.91. The molecule has 116 valence electrons. The van der Waals surface area contributed by atoms with Crippen molar-refractivity contribution in [3.63, 3.8) is 0 Å². The maximum atomic E-state index is 5.97. The minimum atomic E-state index is 0.750. The zero-order chi connectivity index (χ0) is 15.8. The first-order valence-electron chi connectivity index (χ1n) is 7.57. The summed E-state index contributed by atoms with van der Waals surface area (Å²) in [6, 6.07) is 14.0. The first kappa shape index (κ1) is 14.6. The van der Waals surface area contributed by atoms with Crippen molar-refractivity contribution in [3.05, 3.63) is 48.7 Å². The van der Waals surface area contributed by atoms with Crippen LogP contribution in [0, 0.1) is 0 Å². The van der Waals surface area contributed by atoms with Crippen LogP contribution < -0.4 is 11.5 Å². The lowest BCUT2D eigenvalue weighted by Crippen LogP contribution is -1.88. The van der Waals surface area contributed by atoms with E-state index in [0.717, 1.165) is 27.2 Å². The second-order valence-corrected chi connectivity index (χ2v) is 8.10. The van der Waals surface area contributed by atoms with Crippen LogP contribution >= 0.6 is 23.1 Å². The Morgan fingerprint density at radius 3 is 2.48 bits per heavy atom. The maximum Gasteiger partial charge on any atom is 0.123 e. The van der Waals surface area contributed by atoms with E-state index in [4.69, 9.17) is 11.5 Å². The predicted molar refractivity (Wildman–Crippen MR) is 101 cm³/mol. The third-order valence-corrected chi connectivity index (χ3v) is 6.23. The van der Waals surface area contributed by atoms with Crippen molar-refractivity contribution in [1.29, 1.82) is 0 Å². The van der Waals surface area contributed by atoms with Gasteiger partial charge < -0.3 is 11.5 Å². The molecule has 0 radical (unpaired) electrons. The van der Waals surface area contributed by atoms with Gasteiger partial charge in [0.05, 0.1) is 4.88 Å². The van der Waals surface area contributed by atoms with Gasteiger partial charge in [-0.25, -0.2) is 4.98 Å². The van der Waals surface area contributed by atoms with E-state index in [2.05, 4.69) is 17.1 Å². The number of nitrogens with zero attached hydrogens (tertiary/aromatic N) is 1. The Labute approximate surface area is 143 Å². The molecule has 4 rings (SSSR count). The Bertz CT molecular complexity index is 836. The quantitative estimate of drug-likeness (QED) is 0.664. The fourth-order valence-electron chi connectivity index (χ4n) is 2.36. The van der Waals surface area contributed by atoms with Gasteiger partial charge in [0, 0.05) is 38.8 Å². The molecule has 0 aliphatic heterocycles. The fourth-order valence-corrected chi connectivity index (χ4v) is 4.63. The molecular formula is C18H17N3S2. The minimum absolute atomic E-state index is 0.750. The average molecular weight is 339 g/mol. The molecule has 3 aromatic rings. The molecule has 0 bridgehead atoms. The van der Waals surface area contributed by atoms with E-state index in [1.807, 2.05) is 48.3 Å². The Hall–Kier alpha value is -1.98. The molecule has 23 heavy (non-hydrogen) atoms. The highest BCUT2D eigenvalue weighted by atomic mass is 32.2. The first-order chi connectivity index (χ1) is 11.2. The molecule has 1 fully saturated rings. The standard InChI is InChI=1S/C18H17N3S2/c19-12-3-1-11(2-4-12)18-21-10-17(23-18)15-8-5-13(20)9-16(15)22-14-6-7-14/h1-5,8-10,14H,6-7,19-20H2. The number of aromatic nitrogens is 1. The summed E-state index contributed by atoms with van der Waals surface area (Å²) in [5.41, 5.74) is 15.7. The Kier molecular flexibility index (Phi) is 3.75. The Morgan fingerprint density at radius 2 is 1.74 bits per heavy atom. The molecule has 0 spiro atoms. The van der Waals surface area contributed by atoms with Crippen LogP contribution in [0.3, 0.4) is 0 Å². The minimum Gasteiger partial charge on any atom is -0.399 e. The van der Waals surface area contributed by atoms with Crippen molar-refractivity contribution >= 4 is 34.5 Å². The third kappa shape index (κ3) is 3.21. The molecule has 1 saturated carbocycles. The van der Waals surface area contributed by atoms with E-state index in [1.165, 1.54) is 28.2 Å². The zero-order valence-electron chi connectivity index (χ0n) is 12.5. The van der Waals surface area contributed by atoms with Crippen LogP contribution in [0.5, 0.6) is 0 Å². The monoisotopic (exact) mass is 339 g/mol. The zero-order valence-corrected chi connectivity index (χ0v) is 14.2. The average Bonchev–Trinajstić information content (AvgIpc) is 3.22. The van der Waals surface area contributed by atoms with Gasteiger partial charge in [-0.05, 0) is 49.2 Å². The summed E-state index contributed by atoms with van der Waals surface area (Å²) in [7, 11) is 0. The lowest BCUT2D eigenvalue weighted by atomic mass is 10.2. The van der Waals surface area contributed by atoms with Crippen LogP contribution in [0.2, 0.25) is 0 Å². The summed E-state index contributed by atoms with van der Waals surface area (Å²) in [6.45, 7) is 0. The molecule has 1 aromatic heterocycles. The van der Waals surface area contributed by atoms with E-state index >= 15 is 0 Å². The molecule has 5 heteroatoms. The molecule has 0 atom stereocenters. The van der Waals surface area contributed by atoms with Gasteiger partial charge >= 0.3 is 0 Å². The lowest BCUT2D eigenvalue weighted by molar-refractivity contribution is 1.39. The van der Waals surface area contributed by atoms with E-state index in [-0.39, 0.29) is 0 Å². The number of benzene rings is 2. The number of thiazole rings is 1. The molecule has 2 aromatic carbocycles. The number of hydrogen-bond donors (Lipinski definition) is 2. The smallest absolute Gasteiger partial charge is 0.123 e. The van der Waals surface area contributed by atoms with Crippen molar-refractivity contribution < 1.29 is 0 Å². The number of anilines is 2. The van der Waals surface area contributed by atoms with Gasteiger partial charge in [0.2, 0.25) is 0 Å². The molecule has 3 nitrogen and oxygen atoms in total. The first-order valence-corrected chi connectivity index (χ1v) is 9.27. The van der Waals surface area contributed by atoms with Crippen molar-refractivity contribution in [2.24, 2.45) is 0 Å². The predicted octanol–water partition coefficient (Wildman–Crippen LogP) is 4.90. The highest BCUT2D eigenvalue weighted by Crippen LogP contribution is 2.45. The van der Waals surface area contributed by atoms with E-state index < -0.39 is 0 Å². The van der Waals surface area contributed by atoms with Crippen LogP contribution in [0.1, 0.15) is 12.8 Å². The summed E-state index contributed by atoms with van der Waals surface area (Å²) < 4.78 is 0. The van der Waals surface area contributed by atoms with Crippen molar-refractivity contribution in [2.45, 2.75) is 23.0 Å². The van der Waals surface area contributed by atoms with Crippen LogP contribution in [0.15, 0.2) is 53.6 Å². The number of nitrogens with two attached hydrogens (primary N) is 2. The van der Waals surface area contributed by atoms with Gasteiger partial charge in [0.25, 0.3) is 0 Å². The highest BCUT2D eigenvalue weighted by Gasteiger charge is 2.24. The largest absolute Gasteiger partial charge is 0.399 e. The van der Waals surface area contributed by atoms with Crippen LogP contribution in [-0.2, 0) is 0 Å². The molecule has 0 amide bonds. The van der Waals surface area contributed by atoms with Crippen LogP contribution in [0.4, 0.5) is 11.4 Å². The molecular weight excluding hydrogens is 322 g/mol. The summed E-state index contributed by atoms with van der Waals surface area (Å²) in [5.74, 6) is 0. The van der Waals surface area contributed by atoms with Gasteiger partial charge in [-0.2, -0.15) is 0 Å². The van der Waals surface area contributed by atoms with Gasteiger partial charge in [0.1, 0.15) is 5.01 Å². The van der Waals surface area contributed by atoms with Gasteiger partial charge in [-0.1, -0.05) is 6.07 Å². The van der Waals surface area contributed by atoms with Gasteiger partial charge in [-0.3, -0.25) is 0 Å².